The molecule has 0 saturated heterocycles. The number of carbonyl (C=O) groups is 1. The van der Waals surface area contributed by atoms with Crippen LogP contribution in [0.25, 0.3) is 0 Å². The van der Waals surface area contributed by atoms with Crippen molar-refractivity contribution in [3.05, 3.63) is 33.4 Å². The third-order valence-electron chi connectivity index (χ3n) is 2.11. The van der Waals surface area contributed by atoms with E-state index in [9.17, 15) is 4.79 Å². The van der Waals surface area contributed by atoms with E-state index in [0.717, 1.165) is 3.57 Å². The number of halogens is 1. The quantitative estimate of drug-likeness (QED) is 0.669. The SMILES string of the molecule is CCN(CC(N)=S)C(=O)c1ccc(I)cc1. The summed E-state index contributed by atoms with van der Waals surface area (Å²) in [7, 11) is 0. The molecule has 5 heteroatoms. The van der Waals surface area contributed by atoms with Gasteiger partial charge < -0.3 is 10.6 Å². The molecular weight excluding hydrogens is 335 g/mol. The third-order valence-corrected chi connectivity index (χ3v) is 2.96. The number of thiocarbonyl (C=S) groups is 1. The zero-order valence-corrected chi connectivity index (χ0v) is 11.9. The molecule has 0 saturated carbocycles. The van der Waals surface area contributed by atoms with Crippen LogP contribution in [0.1, 0.15) is 17.3 Å². The molecule has 2 N–H and O–H groups in total. The van der Waals surface area contributed by atoms with Crippen molar-refractivity contribution in [1.29, 1.82) is 0 Å². The van der Waals surface area contributed by atoms with E-state index in [-0.39, 0.29) is 5.91 Å². The highest BCUT2D eigenvalue weighted by Gasteiger charge is 2.14. The van der Waals surface area contributed by atoms with Crippen molar-refractivity contribution in [2.45, 2.75) is 6.92 Å². The number of benzene rings is 1. The predicted molar refractivity (Wildman–Crippen MR) is 77.5 cm³/mol. The molecule has 0 aliphatic heterocycles. The molecule has 1 aromatic rings. The van der Waals surface area contributed by atoms with Crippen LogP contribution in [0.15, 0.2) is 24.3 Å². The maximum Gasteiger partial charge on any atom is 0.254 e. The van der Waals surface area contributed by atoms with Crippen molar-refractivity contribution in [2.75, 3.05) is 13.1 Å². The maximum atomic E-state index is 12.0. The molecule has 0 unspecified atom stereocenters. The number of carbonyl (C=O) groups excluding carboxylic acids is 1. The Morgan fingerprint density at radius 1 is 1.44 bits per heavy atom. The minimum atomic E-state index is -0.0355. The summed E-state index contributed by atoms with van der Waals surface area (Å²) in [4.78, 5) is 14.0. The Hall–Kier alpha value is -0.690. The molecule has 1 rings (SSSR count). The summed E-state index contributed by atoms with van der Waals surface area (Å²) < 4.78 is 1.10. The van der Waals surface area contributed by atoms with Crippen LogP contribution < -0.4 is 5.73 Å². The van der Waals surface area contributed by atoms with Crippen LogP contribution >= 0.6 is 34.8 Å². The summed E-state index contributed by atoms with van der Waals surface area (Å²) in [5.41, 5.74) is 6.11. The molecule has 16 heavy (non-hydrogen) atoms. The van der Waals surface area contributed by atoms with Gasteiger partial charge in [-0.2, -0.15) is 0 Å². The minimum absolute atomic E-state index is 0.0355. The first-order chi connectivity index (χ1) is 7.54. The standard InChI is InChI=1S/C11H13IN2OS/c1-2-14(7-10(13)16)11(15)8-3-5-9(12)6-4-8/h3-6H,2,7H2,1H3,(H2,13,16). The lowest BCUT2D eigenvalue weighted by atomic mass is 10.2. The number of hydrogen-bond acceptors (Lipinski definition) is 2. The van der Waals surface area contributed by atoms with Crippen LogP contribution in [0.4, 0.5) is 0 Å². The van der Waals surface area contributed by atoms with Crippen LogP contribution in [0.3, 0.4) is 0 Å². The summed E-state index contributed by atoms with van der Waals surface area (Å²) in [6, 6.07) is 7.43. The predicted octanol–water partition coefficient (Wildman–Crippen LogP) is 2.04. The fourth-order valence-corrected chi connectivity index (χ4v) is 1.81. The molecule has 0 radical (unpaired) electrons. The molecule has 0 spiro atoms. The first-order valence-electron chi connectivity index (χ1n) is 4.87. The van der Waals surface area contributed by atoms with E-state index < -0.39 is 0 Å². The van der Waals surface area contributed by atoms with Crippen molar-refractivity contribution < 1.29 is 4.79 Å². The van der Waals surface area contributed by atoms with E-state index in [0.29, 0.717) is 23.6 Å². The normalized spacial score (nSPS) is 9.88. The van der Waals surface area contributed by atoms with Crippen LogP contribution in [0.5, 0.6) is 0 Å². The second kappa shape index (κ2) is 6.15. The van der Waals surface area contributed by atoms with E-state index in [1.807, 2.05) is 31.2 Å². The summed E-state index contributed by atoms with van der Waals surface area (Å²) in [6.07, 6.45) is 0. The van der Waals surface area contributed by atoms with Crippen LogP contribution in [0.2, 0.25) is 0 Å². The number of hydrogen-bond donors (Lipinski definition) is 1. The maximum absolute atomic E-state index is 12.0. The van der Waals surface area contributed by atoms with Crippen molar-refractivity contribution in [1.82, 2.24) is 4.90 Å². The van der Waals surface area contributed by atoms with E-state index in [4.69, 9.17) is 18.0 Å². The molecular formula is C11H13IN2OS. The molecule has 0 fully saturated rings. The average molecular weight is 348 g/mol. The second-order valence-corrected chi connectivity index (χ2v) is 5.06. The monoisotopic (exact) mass is 348 g/mol. The molecule has 1 aromatic carbocycles. The van der Waals surface area contributed by atoms with Crippen molar-refractivity contribution in [3.63, 3.8) is 0 Å². The first kappa shape index (κ1) is 13.4. The lowest BCUT2D eigenvalue weighted by Gasteiger charge is -2.20. The van der Waals surface area contributed by atoms with Gasteiger partial charge in [0.2, 0.25) is 0 Å². The van der Waals surface area contributed by atoms with Gasteiger partial charge in [-0.15, -0.1) is 0 Å². The molecule has 1 amide bonds. The topological polar surface area (TPSA) is 46.3 Å². The van der Waals surface area contributed by atoms with Crippen molar-refractivity contribution in [2.24, 2.45) is 5.73 Å². The van der Waals surface area contributed by atoms with Gasteiger partial charge in [-0.25, -0.2) is 0 Å². The summed E-state index contributed by atoms with van der Waals surface area (Å²) in [6.45, 7) is 2.84. The van der Waals surface area contributed by atoms with E-state index >= 15 is 0 Å². The molecule has 0 aromatic heterocycles. The largest absolute Gasteiger partial charge is 0.392 e. The summed E-state index contributed by atoms with van der Waals surface area (Å²) in [5, 5.41) is 0. The smallest absolute Gasteiger partial charge is 0.254 e. The molecule has 3 nitrogen and oxygen atoms in total. The Balaban J connectivity index is 2.82. The fraction of sp³-hybridized carbons (Fsp3) is 0.273. The first-order valence-corrected chi connectivity index (χ1v) is 6.36. The summed E-state index contributed by atoms with van der Waals surface area (Å²) >= 11 is 7.01. The van der Waals surface area contributed by atoms with E-state index in [1.165, 1.54) is 0 Å². The number of nitrogens with zero attached hydrogens (tertiary/aromatic N) is 1. The molecule has 0 aliphatic rings. The lowest BCUT2D eigenvalue weighted by Crippen LogP contribution is -2.37. The highest BCUT2D eigenvalue weighted by molar-refractivity contribution is 14.1. The molecule has 86 valence electrons. The van der Waals surface area contributed by atoms with Gasteiger partial charge in [0, 0.05) is 15.7 Å². The van der Waals surface area contributed by atoms with Crippen molar-refractivity contribution in [3.8, 4) is 0 Å². The van der Waals surface area contributed by atoms with Gasteiger partial charge in [0.25, 0.3) is 5.91 Å². The number of nitrogens with two attached hydrogens (primary N) is 1. The van der Waals surface area contributed by atoms with Gasteiger partial charge in [-0.1, -0.05) is 12.2 Å². The Morgan fingerprint density at radius 3 is 2.44 bits per heavy atom. The zero-order chi connectivity index (χ0) is 12.1. The second-order valence-electron chi connectivity index (χ2n) is 3.29. The fourth-order valence-electron chi connectivity index (χ4n) is 1.29. The van der Waals surface area contributed by atoms with Gasteiger partial charge in [-0.05, 0) is 53.8 Å². The third kappa shape index (κ3) is 3.71. The van der Waals surface area contributed by atoms with Gasteiger partial charge in [0.1, 0.15) is 0 Å². The lowest BCUT2D eigenvalue weighted by molar-refractivity contribution is 0.0788. The molecule has 0 bridgehead atoms. The van der Waals surface area contributed by atoms with E-state index in [1.54, 1.807) is 4.90 Å². The van der Waals surface area contributed by atoms with Gasteiger partial charge in [0.05, 0.1) is 11.5 Å². The average Bonchev–Trinajstić information content (AvgIpc) is 2.25. The number of rotatable bonds is 4. The Kier molecular flexibility index (Phi) is 5.14. The molecule has 0 atom stereocenters. The van der Waals surface area contributed by atoms with Gasteiger partial charge in [0.15, 0.2) is 0 Å². The van der Waals surface area contributed by atoms with Gasteiger partial charge in [-0.3, -0.25) is 4.79 Å². The minimum Gasteiger partial charge on any atom is -0.392 e. The van der Waals surface area contributed by atoms with Crippen LogP contribution in [-0.4, -0.2) is 28.9 Å². The number of likely N-dealkylation sites (N-methyl/N-ethyl adjacent to an activating group) is 1. The van der Waals surface area contributed by atoms with Crippen LogP contribution in [-0.2, 0) is 0 Å². The Morgan fingerprint density at radius 2 is 2.00 bits per heavy atom. The molecule has 0 aliphatic carbocycles. The van der Waals surface area contributed by atoms with Crippen LogP contribution in [0, 0.1) is 3.57 Å². The number of amides is 1. The zero-order valence-electron chi connectivity index (χ0n) is 8.94. The molecule has 0 heterocycles. The highest BCUT2D eigenvalue weighted by atomic mass is 127. The Bertz CT molecular complexity index is 391. The van der Waals surface area contributed by atoms with Gasteiger partial charge >= 0.3 is 0 Å². The van der Waals surface area contributed by atoms with Crippen molar-refractivity contribution >= 4 is 45.7 Å². The van der Waals surface area contributed by atoms with E-state index in [2.05, 4.69) is 22.6 Å². The highest BCUT2D eigenvalue weighted by Crippen LogP contribution is 2.09. The Labute approximate surface area is 114 Å². The summed E-state index contributed by atoms with van der Waals surface area (Å²) in [5.74, 6) is -0.0355.